The van der Waals surface area contributed by atoms with Crippen molar-refractivity contribution in [1.82, 2.24) is 14.6 Å². The maximum atomic E-state index is 14.5. The number of aromatic nitrogens is 3. The highest BCUT2D eigenvalue weighted by molar-refractivity contribution is 7.17. The number of aliphatic imine (C=N–C) groups is 2. The predicted molar refractivity (Wildman–Crippen MR) is 112 cm³/mol. The number of nitrogens with two attached hydrogens (primary N) is 1. The first-order valence-corrected chi connectivity index (χ1v) is 9.37. The Labute approximate surface area is 164 Å². The number of thiazole rings is 1. The van der Waals surface area contributed by atoms with Gasteiger partial charge in [0, 0.05) is 18.8 Å². The summed E-state index contributed by atoms with van der Waals surface area (Å²) in [6, 6.07) is 12.4. The predicted octanol–water partition coefficient (Wildman–Crippen LogP) is 3.94. The number of nitrogens with zero attached hydrogens (tertiary/aromatic N) is 5. The summed E-state index contributed by atoms with van der Waals surface area (Å²) in [5.41, 5.74) is 9.03. The van der Waals surface area contributed by atoms with Gasteiger partial charge in [-0.05, 0) is 31.2 Å². The lowest BCUT2D eigenvalue weighted by Crippen LogP contribution is -2.01. The molecule has 4 aromatic rings. The van der Waals surface area contributed by atoms with E-state index in [4.69, 9.17) is 10.7 Å². The van der Waals surface area contributed by atoms with Gasteiger partial charge in [0.2, 0.25) is 0 Å². The minimum absolute atomic E-state index is 0.357. The van der Waals surface area contributed by atoms with Crippen LogP contribution < -0.4 is 5.73 Å². The van der Waals surface area contributed by atoms with Crippen molar-refractivity contribution < 1.29 is 4.39 Å². The summed E-state index contributed by atoms with van der Waals surface area (Å²) in [7, 11) is 1.62. The molecule has 28 heavy (non-hydrogen) atoms. The quantitative estimate of drug-likeness (QED) is 0.424. The van der Waals surface area contributed by atoms with Crippen molar-refractivity contribution >= 4 is 29.0 Å². The maximum absolute atomic E-state index is 14.5. The van der Waals surface area contributed by atoms with E-state index in [9.17, 15) is 4.39 Å². The number of rotatable bonds is 3. The first-order valence-electron chi connectivity index (χ1n) is 8.55. The Hall–Kier alpha value is -3.39. The second kappa shape index (κ2) is 7.32. The molecule has 8 heteroatoms. The molecule has 0 atom stereocenters. The van der Waals surface area contributed by atoms with E-state index in [1.165, 1.54) is 23.7 Å². The minimum atomic E-state index is -0.357. The molecule has 3 aromatic heterocycles. The van der Waals surface area contributed by atoms with Gasteiger partial charge in [-0.2, -0.15) is 5.10 Å². The van der Waals surface area contributed by atoms with Gasteiger partial charge in [0.05, 0.1) is 33.7 Å². The van der Waals surface area contributed by atoms with Crippen LogP contribution in [0.15, 0.2) is 58.6 Å². The second-order valence-corrected chi connectivity index (χ2v) is 6.99. The zero-order valence-electron chi connectivity index (χ0n) is 15.3. The lowest BCUT2D eigenvalue weighted by Gasteiger charge is -2.03. The van der Waals surface area contributed by atoms with Crippen molar-refractivity contribution in [2.24, 2.45) is 15.7 Å². The number of fused-ring (bicyclic) bond motifs is 1. The summed E-state index contributed by atoms with van der Waals surface area (Å²) in [6.45, 7) is 1.93. The third-order valence-corrected chi connectivity index (χ3v) is 5.37. The number of hydrogen-bond acceptors (Lipinski definition) is 4. The molecule has 0 aliphatic rings. The lowest BCUT2D eigenvalue weighted by atomic mass is 10.1. The summed E-state index contributed by atoms with van der Waals surface area (Å²) in [4.78, 5) is 13.8. The van der Waals surface area contributed by atoms with Gasteiger partial charge >= 0.3 is 0 Å². The molecule has 3 heterocycles. The Morgan fingerprint density at radius 3 is 2.75 bits per heavy atom. The second-order valence-electron chi connectivity index (χ2n) is 5.99. The maximum Gasteiger partial charge on any atom is 0.168 e. The smallest absolute Gasteiger partial charge is 0.168 e. The fraction of sp³-hybridized carbons (Fsp3) is 0.100. The minimum Gasteiger partial charge on any atom is -0.390 e. The topological polar surface area (TPSA) is 80.9 Å². The summed E-state index contributed by atoms with van der Waals surface area (Å²) >= 11 is 1.39. The van der Waals surface area contributed by atoms with E-state index in [0.29, 0.717) is 22.0 Å². The molecular formula is C20H17FN6S. The number of aryl methyl sites for hydroxylation is 1. The number of hydrogen-bond donors (Lipinski definition) is 1. The zero-order chi connectivity index (χ0) is 19.7. The summed E-state index contributed by atoms with van der Waals surface area (Å²) in [6.07, 6.45) is 3.06. The van der Waals surface area contributed by atoms with Crippen LogP contribution in [0.4, 0.5) is 4.39 Å². The van der Waals surface area contributed by atoms with Crippen LogP contribution in [0.3, 0.4) is 0 Å². The van der Waals surface area contributed by atoms with E-state index in [-0.39, 0.29) is 5.82 Å². The summed E-state index contributed by atoms with van der Waals surface area (Å²) in [5, 5.41) is 5.27. The van der Waals surface area contributed by atoms with Crippen LogP contribution in [0.2, 0.25) is 0 Å². The van der Waals surface area contributed by atoms with E-state index in [2.05, 4.69) is 15.1 Å². The highest BCUT2D eigenvalue weighted by Gasteiger charge is 2.23. The van der Waals surface area contributed by atoms with Crippen molar-refractivity contribution in [2.75, 3.05) is 7.05 Å². The molecule has 0 spiro atoms. The Morgan fingerprint density at radius 1 is 1.21 bits per heavy atom. The van der Waals surface area contributed by atoms with Gasteiger partial charge in [-0.1, -0.05) is 18.2 Å². The number of amidine groups is 1. The summed E-state index contributed by atoms with van der Waals surface area (Å²) < 4.78 is 16.3. The fourth-order valence-corrected chi connectivity index (χ4v) is 4.26. The third-order valence-electron chi connectivity index (χ3n) is 4.30. The van der Waals surface area contributed by atoms with Crippen LogP contribution in [0.25, 0.3) is 27.3 Å². The fourth-order valence-electron chi connectivity index (χ4n) is 3.08. The average Bonchev–Trinajstić information content (AvgIpc) is 3.26. The molecule has 0 fully saturated rings. The van der Waals surface area contributed by atoms with Crippen LogP contribution in [0, 0.1) is 12.7 Å². The highest BCUT2D eigenvalue weighted by Crippen LogP contribution is 2.38. The molecular weight excluding hydrogens is 375 g/mol. The van der Waals surface area contributed by atoms with Crippen molar-refractivity contribution in [3.05, 3.63) is 65.0 Å². The Morgan fingerprint density at radius 2 is 2.00 bits per heavy atom. The molecule has 2 N–H and O–H groups in total. The SMILES string of the molecule is CN=C(N=CN)c1sc(-c2c(C)nn3ccccc23)nc1-c1ccccc1F. The first-order chi connectivity index (χ1) is 13.6. The normalized spacial score (nSPS) is 12.3. The average molecular weight is 392 g/mol. The van der Waals surface area contributed by atoms with Gasteiger partial charge in [-0.25, -0.2) is 18.9 Å². The molecule has 0 amide bonds. The van der Waals surface area contributed by atoms with Gasteiger partial charge in [0.25, 0.3) is 0 Å². The van der Waals surface area contributed by atoms with Gasteiger partial charge in [-0.3, -0.25) is 4.99 Å². The highest BCUT2D eigenvalue weighted by atomic mass is 32.1. The van der Waals surface area contributed by atoms with E-state index < -0.39 is 0 Å². The van der Waals surface area contributed by atoms with Crippen LogP contribution in [0.5, 0.6) is 0 Å². The monoisotopic (exact) mass is 392 g/mol. The molecule has 0 saturated heterocycles. The van der Waals surface area contributed by atoms with Crippen molar-refractivity contribution in [2.45, 2.75) is 6.92 Å². The van der Waals surface area contributed by atoms with Crippen LogP contribution in [-0.2, 0) is 0 Å². The number of pyridine rings is 1. The van der Waals surface area contributed by atoms with E-state index in [1.807, 2.05) is 31.3 Å². The van der Waals surface area contributed by atoms with Crippen molar-refractivity contribution in [1.29, 1.82) is 0 Å². The molecule has 1 aromatic carbocycles. The molecule has 0 saturated carbocycles. The zero-order valence-corrected chi connectivity index (χ0v) is 16.1. The van der Waals surface area contributed by atoms with Crippen molar-refractivity contribution in [3.63, 3.8) is 0 Å². The molecule has 0 bridgehead atoms. The largest absolute Gasteiger partial charge is 0.390 e. The Kier molecular flexibility index (Phi) is 4.70. The van der Waals surface area contributed by atoms with Crippen LogP contribution in [0.1, 0.15) is 10.6 Å². The van der Waals surface area contributed by atoms with E-state index in [0.717, 1.165) is 21.8 Å². The van der Waals surface area contributed by atoms with Gasteiger partial charge in [0.1, 0.15) is 10.8 Å². The van der Waals surface area contributed by atoms with E-state index >= 15 is 0 Å². The van der Waals surface area contributed by atoms with Gasteiger partial charge < -0.3 is 5.73 Å². The molecule has 0 unspecified atom stereocenters. The summed E-state index contributed by atoms with van der Waals surface area (Å²) in [5.74, 6) is 0.0444. The van der Waals surface area contributed by atoms with Crippen LogP contribution in [-0.4, -0.2) is 33.8 Å². The third kappa shape index (κ3) is 2.97. The van der Waals surface area contributed by atoms with Crippen LogP contribution >= 0.6 is 11.3 Å². The Bertz CT molecular complexity index is 1220. The molecule has 140 valence electrons. The van der Waals surface area contributed by atoms with Crippen molar-refractivity contribution in [3.8, 4) is 21.8 Å². The lowest BCUT2D eigenvalue weighted by molar-refractivity contribution is 0.631. The van der Waals surface area contributed by atoms with Gasteiger partial charge in [0.15, 0.2) is 5.84 Å². The van der Waals surface area contributed by atoms with Gasteiger partial charge in [-0.15, -0.1) is 11.3 Å². The molecule has 0 aliphatic carbocycles. The molecule has 0 aliphatic heterocycles. The number of halogens is 1. The molecule has 4 rings (SSSR count). The number of benzene rings is 1. The van der Waals surface area contributed by atoms with E-state index in [1.54, 1.807) is 29.8 Å². The Balaban J connectivity index is 2.00. The molecule has 6 nitrogen and oxygen atoms in total. The molecule has 0 radical (unpaired) electrons. The first kappa shape index (κ1) is 18.0. The standard InChI is InChI=1S/C20H17FN6S/c1-12-16(15-9-5-6-10-27(15)26-12)20-25-17(13-7-3-4-8-14(13)21)18(28-20)19(23-2)24-11-22/h3-11H,1-2H3,(H2,22,23,24).